The number of Topliss-reactive ketones (excluding diaryl/α,β-unsaturated/α-hetero) is 1. The summed E-state index contributed by atoms with van der Waals surface area (Å²) >= 11 is 0. The maximum Gasteiger partial charge on any atom is 0.166 e. The third-order valence-corrected chi connectivity index (χ3v) is 2.51. The van der Waals surface area contributed by atoms with Crippen molar-refractivity contribution < 1.29 is 4.79 Å². The van der Waals surface area contributed by atoms with Crippen molar-refractivity contribution in [1.29, 1.82) is 0 Å². The normalized spacial score (nSPS) is 12.8. The van der Waals surface area contributed by atoms with Gasteiger partial charge < -0.3 is 0 Å². The van der Waals surface area contributed by atoms with Gasteiger partial charge in [0, 0.05) is 19.2 Å². The van der Waals surface area contributed by atoms with E-state index in [1.807, 2.05) is 13.1 Å². The highest BCUT2D eigenvalue weighted by molar-refractivity contribution is 5.95. The van der Waals surface area contributed by atoms with Crippen molar-refractivity contribution in [3.8, 4) is 0 Å². The highest BCUT2D eigenvalue weighted by Crippen LogP contribution is 2.11. The first-order valence-corrected chi connectivity index (χ1v) is 5.23. The molecule has 0 aliphatic rings. The molecule has 3 heteroatoms. The lowest BCUT2D eigenvalue weighted by atomic mass is 10.00. The van der Waals surface area contributed by atoms with Crippen LogP contribution in [-0.4, -0.2) is 15.6 Å². The fourth-order valence-corrected chi connectivity index (χ4v) is 1.26. The predicted octanol–water partition coefficient (Wildman–Crippen LogP) is 2.52. The molecule has 1 aromatic heterocycles. The van der Waals surface area contributed by atoms with Crippen molar-refractivity contribution in [2.45, 2.75) is 40.2 Å². The third kappa shape index (κ3) is 2.69. The summed E-state index contributed by atoms with van der Waals surface area (Å²) in [7, 11) is 0. The van der Waals surface area contributed by atoms with Crippen LogP contribution in [-0.2, 0) is 6.54 Å². The van der Waals surface area contributed by atoms with E-state index in [9.17, 15) is 4.79 Å². The van der Waals surface area contributed by atoms with Gasteiger partial charge in [0.1, 0.15) is 0 Å². The minimum atomic E-state index is 0.207. The zero-order valence-electron chi connectivity index (χ0n) is 9.16. The Morgan fingerprint density at radius 3 is 2.79 bits per heavy atom. The second-order valence-corrected chi connectivity index (χ2v) is 3.73. The van der Waals surface area contributed by atoms with Gasteiger partial charge in [-0.2, -0.15) is 5.10 Å². The number of hydrogen-bond acceptors (Lipinski definition) is 2. The van der Waals surface area contributed by atoms with Gasteiger partial charge in [0.2, 0.25) is 0 Å². The summed E-state index contributed by atoms with van der Waals surface area (Å²) in [5.74, 6) is 0.673. The van der Waals surface area contributed by atoms with E-state index in [2.05, 4.69) is 18.9 Å². The SMILES string of the molecule is CCC(C)CC(=O)c1cnn(CC)c1. The van der Waals surface area contributed by atoms with Gasteiger partial charge in [-0.25, -0.2) is 0 Å². The Labute approximate surface area is 85.1 Å². The molecule has 1 unspecified atom stereocenters. The first kappa shape index (κ1) is 11.0. The summed E-state index contributed by atoms with van der Waals surface area (Å²) in [5, 5.41) is 4.08. The summed E-state index contributed by atoms with van der Waals surface area (Å²) in [4.78, 5) is 11.7. The molecule has 0 amide bonds. The second kappa shape index (κ2) is 4.94. The second-order valence-electron chi connectivity index (χ2n) is 3.73. The number of carbonyl (C=O) groups excluding carboxylic acids is 1. The first-order chi connectivity index (χ1) is 6.67. The third-order valence-electron chi connectivity index (χ3n) is 2.51. The van der Waals surface area contributed by atoms with E-state index in [1.165, 1.54) is 0 Å². The number of nitrogens with zero attached hydrogens (tertiary/aromatic N) is 2. The van der Waals surface area contributed by atoms with Crippen LogP contribution in [0.4, 0.5) is 0 Å². The highest BCUT2D eigenvalue weighted by atomic mass is 16.1. The Morgan fingerprint density at radius 2 is 2.29 bits per heavy atom. The van der Waals surface area contributed by atoms with Crippen LogP contribution in [0.5, 0.6) is 0 Å². The molecule has 1 heterocycles. The number of ketones is 1. The number of carbonyl (C=O) groups is 1. The Morgan fingerprint density at radius 1 is 1.57 bits per heavy atom. The van der Waals surface area contributed by atoms with Crippen LogP contribution in [0, 0.1) is 5.92 Å². The largest absolute Gasteiger partial charge is 0.294 e. The van der Waals surface area contributed by atoms with E-state index in [-0.39, 0.29) is 5.78 Å². The van der Waals surface area contributed by atoms with Crippen molar-refractivity contribution in [1.82, 2.24) is 9.78 Å². The molecule has 14 heavy (non-hydrogen) atoms. The van der Waals surface area contributed by atoms with Crippen molar-refractivity contribution in [3.63, 3.8) is 0 Å². The van der Waals surface area contributed by atoms with Crippen molar-refractivity contribution in [3.05, 3.63) is 18.0 Å². The Balaban J connectivity index is 2.60. The van der Waals surface area contributed by atoms with Crippen LogP contribution in [0.15, 0.2) is 12.4 Å². The van der Waals surface area contributed by atoms with Crippen LogP contribution in [0.2, 0.25) is 0 Å². The lowest BCUT2D eigenvalue weighted by molar-refractivity contribution is 0.0963. The van der Waals surface area contributed by atoms with Gasteiger partial charge in [0.15, 0.2) is 5.78 Å². The van der Waals surface area contributed by atoms with Crippen LogP contribution in [0.25, 0.3) is 0 Å². The molecule has 0 spiro atoms. The van der Waals surface area contributed by atoms with Crippen molar-refractivity contribution >= 4 is 5.78 Å². The molecular formula is C11H18N2O. The van der Waals surface area contributed by atoms with E-state index in [0.29, 0.717) is 12.3 Å². The minimum absolute atomic E-state index is 0.207. The summed E-state index contributed by atoms with van der Waals surface area (Å²) < 4.78 is 1.78. The monoisotopic (exact) mass is 194 g/mol. The summed E-state index contributed by atoms with van der Waals surface area (Å²) in [6.45, 7) is 7.03. The Kier molecular flexibility index (Phi) is 3.86. The molecule has 0 radical (unpaired) electrons. The molecule has 3 nitrogen and oxygen atoms in total. The molecule has 78 valence electrons. The summed E-state index contributed by atoms with van der Waals surface area (Å²) in [5.41, 5.74) is 0.743. The van der Waals surface area contributed by atoms with E-state index in [1.54, 1.807) is 10.9 Å². The van der Waals surface area contributed by atoms with E-state index < -0.39 is 0 Å². The number of aryl methyl sites for hydroxylation is 1. The molecule has 0 N–H and O–H groups in total. The topological polar surface area (TPSA) is 34.9 Å². The zero-order valence-corrected chi connectivity index (χ0v) is 9.16. The lowest BCUT2D eigenvalue weighted by Crippen LogP contribution is -2.04. The predicted molar refractivity (Wildman–Crippen MR) is 56.3 cm³/mol. The maximum atomic E-state index is 11.7. The van der Waals surface area contributed by atoms with Crippen LogP contribution in [0.1, 0.15) is 44.0 Å². The molecule has 0 fully saturated rings. The lowest BCUT2D eigenvalue weighted by Gasteiger charge is -2.04. The van der Waals surface area contributed by atoms with Crippen LogP contribution < -0.4 is 0 Å². The maximum absolute atomic E-state index is 11.7. The van der Waals surface area contributed by atoms with Gasteiger partial charge in [0.05, 0.1) is 11.8 Å². The summed E-state index contributed by atoms with van der Waals surface area (Å²) in [6.07, 6.45) is 5.17. The molecule has 0 aliphatic carbocycles. The zero-order chi connectivity index (χ0) is 10.6. The molecule has 0 saturated heterocycles. The standard InChI is InChI=1S/C11H18N2O/c1-4-9(3)6-11(14)10-7-12-13(5-2)8-10/h7-9H,4-6H2,1-3H3. The molecule has 0 bridgehead atoms. The minimum Gasteiger partial charge on any atom is -0.294 e. The number of aromatic nitrogens is 2. The Bertz CT molecular complexity index is 304. The molecule has 1 atom stereocenters. The molecular weight excluding hydrogens is 176 g/mol. The fourth-order valence-electron chi connectivity index (χ4n) is 1.26. The molecule has 0 aromatic carbocycles. The van der Waals surface area contributed by atoms with Gasteiger partial charge in [-0.05, 0) is 12.8 Å². The van der Waals surface area contributed by atoms with Crippen LogP contribution >= 0.6 is 0 Å². The van der Waals surface area contributed by atoms with E-state index >= 15 is 0 Å². The first-order valence-electron chi connectivity index (χ1n) is 5.23. The molecule has 0 aliphatic heterocycles. The van der Waals surface area contributed by atoms with Gasteiger partial charge in [0.25, 0.3) is 0 Å². The van der Waals surface area contributed by atoms with Crippen LogP contribution in [0.3, 0.4) is 0 Å². The van der Waals surface area contributed by atoms with Gasteiger partial charge in [-0.15, -0.1) is 0 Å². The summed E-state index contributed by atoms with van der Waals surface area (Å²) in [6, 6.07) is 0. The molecule has 1 rings (SSSR count). The van der Waals surface area contributed by atoms with Gasteiger partial charge in [-0.3, -0.25) is 9.48 Å². The van der Waals surface area contributed by atoms with Crippen molar-refractivity contribution in [2.24, 2.45) is 5.92 Å². The fraction of sp³-hybridized carbons (Fsp3) is 0.636. The number of hydrogen-bond donors (Lipinski definition) is 0. The average molecular weight is 194 g/mol. The van der Waals surface area contributed by atoms with Crippen molar-refractivity contribution in [2.75, 3.05) is 0 Å². The molecule has 1 aromatic rings. The highest BCUT2D eigenvalue weighted by Gasteiger charge is 2.11. The Hall–Kier alpha value is -1.12. The number of rotatable bonds is 5. The van der Waals surface area contributed by atoms with E-state index in [0.717, 1.165) is 18.5 Å². The quantitative estimate of drug-likeness (QED) is 0.675. The average Bonchev–Trinajstić information content (AvgIpc) is 2.65. The molecule has 0 saturated carbocycles. The smallest absolute Gasteiger partial charge is 0.166 e. The van der Waals surface area contributed by atoms with E-state index in [4.69, 9.17) is 0 Å². The van der Waals surface area contributed by atoms with Gasteiger partial charge in [-0.1, -0.05) is 20.3 Å². The van der Waals surface area contributed by atoms with Gasteiger partial charge >= 0.3 is 0 Å².